The zero-order chi connectivity index (χ0) is 19.0. The smallest absolute Gasteiger partial charge is 0.258 e. The average molecular weight is 366 g/mol. The minimum Gasteiger partial charge on any atom is -0.493 e. The number of benzene rings is 2. The first-order chi connectivity index (χ1) is 13.1. The molecule has 2 aromatic rings. The van der Waals surface area contributed by atoms with Gasteiger partial charge in [0.25, 0.3) is 5.91 Å². The minimum absolute atomic E-state index is 0.0935. The quantitative estimate of drug-likeness (QED) is 0.820. The number of ether oxygens (including phenoxy) is 2. The van der Waals surface area contributed by atoms with E-state index in [1.165, 1.54) is 0 Å². The van der Waals surface area contributed by atoms with Gasteiger partial charge < -0.3 is 19.7 Å². The monoisotopic (exact) mass is 366 g/mol. The molecule has 142 valence electrons. The molecule has 0 unspecified atom stereocenters. The standard InChI is InChI=1S/C22H26N2O3/c1-14(2)13-27-19-11-8-15(12-20(19)26-3)21-23-18-7-5-4-6-17(18)22(25)24(21)16-9-10-16/h4-8,11-12,14,16,21,23H,9-10,13H2,1-3H3/t21-/m1/s1. The van der Waals surface area contributed by atoms with Gasteiger partial charge in [-0.05, 0) is 48.6 Å². The predicted molar refractivity (Wildman–Crippen MR) is 105 cm³/mol. The number of carbonyl (C=O) groups excluding carboxylic acids is 1. The van der Waals surface area contributed by atoms with Crippen LogP contribution in [0.25, 0.3) is 0 Å². The van der Waals surface area contributed by atoms with Crippen molar-refractivity contribution in [2.24, 2.45) is 5.92 Å². The van der Waals surface area contributed by atoms with Crippen molar-refractivity contribution in [1.82, 2.24) is 4.90 Å². The first kappa shape index (κ1) is 17.7. The van der Waals surface area contributed by atoms with Gasteiger partial charge in [-0.25, -0.2) is 0 Å². The lowest BCUT2D eigenvalue weighted by Crippen LogP contribution is -2.44. The number of fused-ring (bicyclic) bond motifs is 1. The van der Waals surface area contributed by atoms with E-state index < -0.39 is 0 Å². The number of anilines is 1. The SMILES string of the molecule is COc1cc([C@@H]2Nc3ccccc3C(=O)N2C2CC2)ccc1OCC(C)C. The lowest BCUT2D eigenvalue weighted by atomic mass is 10.0. The zero-order valence-corrected chi connectivity index (χ0v) is 16.1. The molecule has 2 aliphatic rings. The first-order valence-corrected chi connectivity index (χ1v) is 9.57. The van der Waals surface area contributed by atoms with Crippen LogP contribution in [0.15, 0.2) is 42.5 Å². The molecule has 0 spiro atoms. The fraction of sp³-hybridized carbons (Fsp3) is 0.409. The van der Waals surface area contributed by atoms with Crippen LogP contribution in [0.1, 0.15) is 48.8 Å². The molecule has 4 rings (SSSR count). The van der Waals surface area contributed by atoms with E-state index in [0.717, 1.165) is 35.4 Å². The van der Waals surface area contributed by atoms with Gasteiger partial charge in [0.15, 0.2) is 11.5 Å². The number of hydrogen-bond acceptors (Lipinski definition) is 4. The number of carbonyl (C=O) groups is 1. The summed E-state index contributed by atoms with van der Waals surface area (Å²) in [5, 5.41) is 3.54. The molecule has 0 bridgehead atoms. The minimum atomic E-state index is -0.201. The van der Waals surface area contributed by atoms with Crippen molar-refractivity contribution in [3.05, 3.63) is 53.6 Å². The highest BCUT2D eigenvalue weighted by atomic mass is 16.5. The lowest BCUT2D eigenvalue weighted by molar-refractivity contribution is 0.0666. The highest BCUT2D eigenvalue weighted by Crippen LogP contribution is 2.42. The van der Waals surface area contributed by atoms with Gasteiger partial charge in [0.2, 0.25) is 0 Å². The van der Waals surface area contributed by atoms with E-state index >= 15 is 0 Å². The highest BCUT2D eigenvalue weighted by Gasteiger charge is 2.42. The van der Waals surface area contributed by atoms with Crippen molar-refractivity contribution in [3.63, 3.8) is 0 Å². The molecule has 1 saturated carbocycles. The molecule has 0 saturated heterocycles. The number of rotatable bonds is 6. The molecular weight excluding hydrogens is 340 g/mol. The Morgan fingerprint density at radius 3 is 2.63 bits per heavy atom. The van der Waals surface area contributed by atoms with Crippen LogP contribution in [-0.2, 0) is 0 Å². The summed E-state index contributed by atoms with van der Waals surface area (Å²) in [5.41, 5.74) is 2.62. The van der Waals surface area contributed by atoms with Gasteiger partial charge >= 0.3 is 0 Å². The fourth-order valence-corrected chi connectivity index (χ4v) is 3.47. The van der Waals surface area contributed by atoms with E-state index in [4.69, 9.17) is 9.47 Å². The van der Waals surface area contributed by atoms with E-state index in [0.29, 0.717) is 24.3 Å². The Morgan fingerprint density at radius 2 is 1.93 bits per heavy atom. The number of nitrogens with one attached hydrogen (secondary N) is 1. The second kappa shape index (κ2) is 7.14. The Labute approximate surface area is 160 Å². The van der Waals surface area contributed by atoms with Crippen LogP contribution in [0.2, 0.25) is 0 Å². The summed E-state index contributed by atoms with van der Waals surface area (Å²) in [6.07, 6.45) is 1.91. The molecule has 1 aliphatic heterocycles. The predicted octanol–water partition coefficient (Wildman–Crippen LogP) is 4.46. The largest absolute Gasteiger partial charge is 0.493 e. The maximum absolute atomic E-state index is 13.1. The van der Waals surface area contributed by atoms with E-state index in [1.54, 1.807) is 7.11 Å². The maximum atomic E-state index is 13.1. The molecule has 0 radical (unpaired) electrons. The molecule has 5 nitrogen and oxygen atoms in total. The number of hydrogen-bond donors (Lipinski definition) is 1. The van der Waals surface area contributed by atoms with Crippen molar-refractivity contribution in [2.45, 2.75) is 38.9 Å². The lowest BCUT2D eigenvalue weighted by Gasteiger charge is -2.38. The molecule has 1 fully saturated rings. The third-order valence-corrected chi connectivity index (χ3v) is 4.98. The molecular formula is C22H26N2O3. The van der Waals surface area contributed by atoms with E-state index in [9.17, 15) is 4.79 Å². The van der Waals surface area contributed by atoms with Crippen LogP contribution in [0.5, 0.6) is 11.5 Å². The van der Waals surface area contributed by atoms with Crippen molar-refractivity contribution < 1.29 is 14.3 Å². The number of nitrogens with zero attached hydrogens (tertiary/aromatic N) is 1. The number of amides is 1. The summed E-state index contributed by atoms with van der Waals surface area (Å²) in [7, 11) is 1.65. The van der Waals surface area contributed by atoms with Crippen molar-refractivity contribution in [1.29, 1.82) is 0 Å². The van der Waals surface area contributed by atoms with Crippen LogP contribution >= 0.6 is 0 Å². The average Bonchev–Trinajstić information content (AvgIpc) is 3.51. The summed E-state index contributed by atoms with van der Waals surface area (Å²) in [4.78, 5) is 15.1. The third kappa shape index (κ3) is 3.46. The van der Waals surface area contributed by atoms with E-state index in [-0.39, 0.29) is 12.1 Å². The van der Waals surface area contributed by atoms with Gasteiger partial charge in [-0.15, -0.1) is 0 Å². The molecule has 0 aromatic heterocycles. The summed E-state index contributed by atoms with van der Waals surface area (Å²) < 4.78 is 11.4. The zero-order valence-electron chi connectivity index (χ0n) is 16.1. The van der Waals surface area contributed by atoms with Crippen LogP contribution in [0.3, 0.4) is 0 Å². The van der Waals surface area contributed by atoms with Crippen LogP contribution in [0.4, 0.5) is 5.69 Å². The van der Waals surface area contributed by atoms with Gasteiger partial charge in [-0.2, -0.15) is 0 Å². The van der Waals surface area contributed by atoms with Crippen molar-refractivity contribution in [3.8, 4) is 11.5 Å². The van der Waals surface area contributed by atoms with Gasteiger partial charge in [0.1, 0.15) is 6.17 Å². The van der Waals surface area contributed by atoms with Crippen LogP contribution < -0.4 is 14.8 Å². The molecule has 1 aliphatic carbocycles. The molecule has 1 amide bonds. The molecule has 1 N–H and O–H groups in total. The van der Waals surface area contributed by atoms with Crippen molar-refractivity contribution >= 4 is 11.6 Å². The van der Waals surface area contributed by atoms with Crippen molar-refractivity contribution in [2.75, 3.05) is 19.0 Å². The fourth-order valence-electron chi connectivity index (χ4n) is 3.47. The summed E-state index contributed by atoms with van der Waals surface area (Å²) in [5.74, 6) is 1.96. The molecule has 2 aromatic carbocycles. The Morgan fingerprint density at radius 1 is 1.15 bits per heavy atom. The summed E-state index contributed by atoms with van der Waals surface area (Å²) in [6.45, 7) is 4.87. The third-order valence-electron chi connectivity index (χ3n) is 4.98. The van der Waals surface area contributed by atoms with Crippen LogP contribution in [-0.4, -0.2) is 30.6 Å². The van der Waals surface area contributed by atoms with Crippen LogP contribution in [0, 0.1) is 5.92 Å². The Bertz CT molecular complexity index is 845. The van der Waals surface area contributed by atoms with E-state index in [2.05, 4.69) is 19.2 Å². The van der Waals surface area contributed by atoms with Gasteiger partial charge in [0, 0.05) is 11.7 Å². The molecule has 27 heavy (non-hydrogen) atoms. The van der Waals surface area contributed by atoms with E-state index in [1.807, 2.05) is 47.4 Å². The Kier molecular flexibility index (Phi) is 4.68. The first-order valence-electron chi connectivity index (χ1n) is 9.57. The maximum Gasteiger partial charge on any atom is 0.258 e. The summed E-state index contributed by atoms with van der Waals surface area (Å²) in [6, 6.07) is 13.9. The van der Waals surface area contributed by atoms with Gasteiger partial charge in [-0.3, -0.25) is 4.79 Å². The molecule has 1 heterocycles. The molecule has 1 atom stereocenters. The van der Waals surface area contributed by atoms with Gasteiger partial charge in [0.05, 0.1) is 19.3 Å². The highest BCUT2D eigenvalue weighted by molar-refractivity contribution is 6.02. The second-order valence-electron chi connectivity index (χ2n) is 7.65. The normalized spacial score (nSPS) is 18.9. The Hall–Kier alpha value is -2.69. The molecule has 5 heteroatoms. The second-order valence-corrected chi connectivity index (χ2v) is 7.65. The topological polar surface area (TPSA) is 50.8 Å². The number of methoxy groups -OCH3 is 1. The Balaban J connectivity index is 1.68. The summed E-state index contributed by atoms with van der Waals surface area (Å²) >= 11 is 0. The number of para-hydroxylation sites is 1. The van der Waals surface area contributed by atoms with Gasteiger partial charge in [-0.1, -0.05) is 32.0 Å².